The predicted octanol–water partition coefficient (Wildman–Crippen LogP) is 3.88. The summed E-state index contributed by atoms with van der Waals surface area (Å²) in [6.07, 6.45) is -3.90. The Bertz CT molecular complexity index is 594. The van der Waals surface area contributed by atoms with Gasteiger partial charge in [-0.15, -0.1) is 0 Å². The second-order valence-corrected chi connectivity index (χ2v) is 4.81. The first-order chi connectivity index (χ1) is 10.4. The van der Waals surface area contributed by atoms with Gasteiger partial charge in [-0.2, -0.15) is 13.2 Å². The van der Waals surface area contributed by atoms with Crippen molar-refractivity contribution in [3.05, 3.63) is 59.7 Å². The van der Waals surface area contributed by atoms with Gasteiger partial charge in [0.1, 0.15) is 11.5 Å². The van der Waals surface area contributed by atoms with E-state index in [0.29, 0.717) is 17.9 Å². The van der Waals surface area contributed by atoms with E-state index in [2.05, 4.69) is 0 Å². The Labute approximate surface area is 126 Å². The minimum absolute atomic E-state index is 0.00493. The highest BCUT2D eigenvalue weighted by Crippen LogP contribution is 2.31. The molecule has 3 nitrogen and oxygen atoms in total. The molecule has 0 aliphatic heterocycles. The molecular weight excluding hydrogens is 295 g/mol. The molecule has 2 aromatic carbocycles. The molecule has 3 N–H and O–H groups in total. The van der Waals surface area contributed by atoms with Crippen LogP contribution in [0.3, 0.4) is 0 Å². The summed E-state index contributed by atoms with van der Waals surface area (Å²) in [5.74, 6) is 0.820. The topological polar surface area (TPSA) is 55.5 Å². The SMILES string of the molecule is NC(CCO)c1ccc(Oc2ccc(C(F)(F)F)cc2)cc1. The van der Waals surface area contributed by atoms with Gasteiger partial charge in [0.05, 0.1) is 5.56 Å². The number of hydrogen-bond donors (Lipinski definition) is 2. The molecule has 0 saturated carbocycles. The Morgan fingerprint density at radius 1 is 0.955 bits per heavy atom. The van der Waals surface area contributed by atoms with Crippen LogP contribution < -0.4 is 10.5 Å². The molecule has 1 unspecified atom stereocenters. The van der Waals surface area contributed by atoms with Crippen LogP contribution in [0.2, 0.25) is 0 Å². The normalized spacial score (nSPS) is 13.0. The van der Waals surface area contributed by atoms with Gasteiger partial charge in [0, 0.05) is 12.6 Å². The van der Waals surface area contributed by atoms with Gasteiger partial charge in [-0.25, -0.2) is 0 Å². The van der Waals surface area contributed by atoms with Crippen molar-refractivity contribution in [1.29, 1.82) is 0 Å². The number of hydrogen-bond acceptors (Lipinski definition) is 3. The van der Waals surface area contributed by atoms with Gasteiger partial charge in [0.15, 0.2) is 0 Å². The first kappa shape index (κ1) is 16.3. The number of nitrogens with two attached hydrogens (primary N) is 1. The molecule has 0 saturated heterocycles. The van der Waals surface area contributed by atoms with Crippen LogP contribution in [0, 0.1) is 0 Å². The van der Waals surface area contributed by atoms with Crippen molar-refractivity contribution >= 4 is 0 Å². The average molecular weight is 311 g/mol. The summed E-state index contributed by atoms with van der Waals surface area (Å²) in [5.41, 5.74) is 6.00. The van der Waals surface area contributed by atoms with Crippen LogP contribution in [0.15, 0.2) is 48.5 Å². The van der Waals surface area contributed by atoms with Crippen LogP contribution in [0.5, 0.6) is 11.5 Å². The third kappa shape index (κ3) is 4.22. The van der Waals surface area contributed by atoms with Crippen molar-refractivity contribution in [2.24, 2.45) is 5.73 Å². The molecule has 6 heteroatoms. The fraction of sp³-hybridized carbons (Fsp3) is 0.250. The molecule has 0 fully saturated rings. The van der Waals surface area contributed by atoms with Crippen LogP contribution in [0.4, 0.5) is 13.2 Å². The highest BCUT2D eigenvalue weighted by atomic mass is 19.4. The van der Waals surface area contributed by atoms with Gasteiger partial charge in [-0.1, -0.05) is 12.1 Å². The largest absolute Gasteiger partial charge is 0.457 e. The second kappa shape index (κ2) is 6.81. The summed E-state index contributed by atoms with van der Waals surface area (Å²) < 4.78 is 42.9. The number of aliphatic hydroxyl groups excluding tert-OH is 1. The van der Waals surface area contributed by atoms with Crippen LogP contribution in [0.25, 0.3) is 0 Å². The molecule has 0 aromatic heterocycles. The number of aliphatic hydroxyl groups is 1. The quantitative estimate of drug-likeness (QED) is 0.881. The molecule has 1 atom stereocenters. The third-order valence-electron chi connectivity index (χ3n) is 3.17. The zero-order valence-corrected chi connectivity index (χ0v) is 11.7. The molecule has 0 spiro atoms. The molecule has 0 heterocycles. The zero-order valence-electron chi connectivity index (χ0n) is 11.7. The van der Waals surface area contributed by atoms with Crippen LogP contribution in [-0.2, 0) is 6.18 Å². The molecule has 0 amide bonds. The fourth-order valence-corrected chi connectivity index (χ4v) is 1.94. The molecule has 2 aromatic rings. The molecule has 0 aliphatic carbocycles. The van der Waals surface area contributed by atoms with E-state index in [9.17, 15) is 13.2 Å². The zero-order chi connectivity index (χ0) is 16.2. The lowest BCUT2D eigenvalue weighted by atomic mass is 10.1. The Morgan fingerprint density at radius 2 is 1.45 bits per heavy atom. The number of halogens is 3. The van der Waals surface area contributed by atoms with Gasteiger partial charge >= 0.3 is 6.18 Å². The van der Waals surface area contributed by atoms with Crippen molar-refractivity contribution in [2.45, 2.75) is 18.6 Å². The Balaban J connectivity index is 2.05. The average Bonchev–Trinajstić information content (AvgIpc) is 2.48. The Hall–Kier alpha value is -2.05. The van der Waals surface area contributed by atoms with Crippen molar-refractivity contribution in [2.75, 3.05) is 6.61 Å². The molecule has 118 valence electrons. The summed E-state index contributed by atoms with van der Waals surface area (Å²) in [6.45, 7) is 0.00493. The van der Waals surface area contributed by atoms with Crippen LogP contribution in [-0.4, -0.2) is 11.7 Å². The fourth-order valence-electron chi connectivity index (χ4n) is 1.94. The number of alkyl halides is 3. The molecule has 0 radical (unpaired) electrons. The maximum atomic E-state index is 12.5. The minimum atomic E-state index is -4.36. The van der Waals surface area contributed by atoms with E-state index in [4.69, 9.17) is 15.6 Å². The maximum Gasteiger partial charge on any atom is 0.416 e. The molecular formula is C16H16F3NO2. The number of rotatable bonds is 5. The van der Waals surface area contributed by atoms with E-state index >= 15 is 0 Å². The Kier molecular flexibility index (Phi) is 5.05. The van der Waals surface area contributed by atoms with Gasteiger partial charge in [0.25, 0.3) is 0 Å². The smallest absolute Gasteiger partial charge is 0.416 e. The summed E-state index contributed by atoms with van der Waals surface area (Å²) in [7, 11) is 0. The standard InChI is InChI=1S/C16H16F3NO2/c17-16(18,19)12-3-7-14(8-4-12)22-13-5-1-11(2-6-13)15(20)9-10-21/h1-8,15,21H,9-10,20H2. The lowest BCUT2D eigenvalue weighted by Crippen LogP contribution is -2.11. The molecule has 2 rings (SSSR count). The molecule has 0 aliphatic rings. The van der Waals surface area contributed by atoms with E-state index in [1.54, 1.807) is 24.3 Å². The summed E-state index contributed by atoms with van der Waals surface area (Å²) in [5, 5.41) is 8.84. The monoisotopic (exact) mass is 311 g/mol. The molecule has 0 bridgehead atoms. The van der Waals surface area contributed by atoms with E-state index in [-0.39, 0.29) is 12.6 Å². The van der Waals surface area contributed by atoms with Gasteiger partial charge in [-0.3, -0.25) is 0 Å². The third-order valence-corrected chi connectivity index (χ3v) is 3.17. The lowest BCUT2D eigenvalue weighted by Gasteiger charge is -2.12. The van der Waals surface area contributed by atoms with E-state index in [0.717, 1.165) is 17.7 Å². The van der Waals surface area contributed by atoms with Crippen molar-refractivity contribution in [3.8, 4) is 11.5 Å². The van der Waals surface area contributed by atoms with Gasteiger partial charge < -0.3 is 15.6 Å². The van der Waals surface area contributed by atoms with E-state index < -0.39 is 11.7 Å². The lowest BCUT2D eigenvalue weighted by molar-refractivity contribution is -0.137. The number of ether oxygens (including phenoxy) is 1. The first-order valence-electron chi connectivity index (χ1n) is 6.71. The van der Waals surface area contributed by atoms with Crippen molar-refractivity contribution in [1.82, 2.24) is 0 Å². The predicted molar refractivity (Wildman–Crippen MR) is 76.6 cm³/mol. The first-order valence-corrected chi connectivity index (χ1v) is 6.71. The van der Waals surface area contributed by atoms with Crippen molar-refractivity contribution < 1.29 is 23.0 Å². The van der Waals surface area contributed by atoms with Gasteiger partial charge in [-0.05, 0) is 48.4 Å². The molecule has 22 heavy (non-hydrogen) atoms. The maximum absolute atomic E-state index is 12.5. The van der Waals surface area contributed by atoms with Crippen LogP contribution in [0.1, 0.15) is 23.6 Å². The van der Waals surface area contributed by atoms with E-state index in [1.165, 1.54) is 12.1 Å². The van der Waals surface area contributed by atoms with E-state index in [1.807, 2.05) is 0 Å². The number of benzene rings is 2. The highest BCUT2D eigenvalue weighted by molar-refractivity contribution is 5.35. The summed E-state index contributed by atoms with van der Waals surface area (Å²) in [6, 6.07) is 11.1. The summed E-state index contributed by atoms with van der Waals surface area (Å²) in [4.78, 5) is 0. The Morgan fingerprint density at radius 3 is 1.91 bits per heavy atom. The minimum Gasteiger partial charge on any atom is -0.457 e. The highest BCUT2D eigenvalue weighted by Gasteiger charge is 2.30. The van der Waals surface area contributed by atoms with Gasteiger partial charge in [0.2, 0.25) is 0 Å². The van der Waals surface area contributed by atoms with Crippen molar-refractivity contribution in [3.63, 3.8) is 0 Å². The van der Waals surface area contributed by atoms with Crippen LogP contribution >= 0.6 is 0 Å². The summed E-state index contributed by atoms with van der Waals surface area (Å²) >= 11 is 0. The second-order valence-electron chi connectivity index (χ2n) is 4.81.